The van der Waals surface area contributed by atoms with Crippen LogP contribution in [-0.4, -0.2) is 27.8 Å². The normalized spacial score (nSPS) is 48.2. The third kappa shape index (κ3) is 3.49. The summed E-state index contributed by atoms with van der Waals surface area (Å²) in [7, 11) is 0. The molecule has 0 aromatic heterocycles. The fourth-order valence-corrected chi connectivity index (χ4v) is 8.52. The fourth-order valence-electron chi connectivity index (χ4n) is 8.52. The predicted molar refractivity (Wildman–Crippen MR) is 116 cm³/mol. The number of aliphatic hydroxyl groups is 2. The van der Waals surface area contributed by atoms with E-state index < -0.39 is 17.6 Å². The van der Waals surface area contributed by atoms with Crippen LogP contribution in [0.25, 0.3) is 0 Å². The molecule has 0 aromatic carbocycles. The second-order valence-corrected chi connectivity index (χ2v) is 12.3. The van der Waals surface area contributed by atoms with Gasteiger partial charge < -0.3 is 10.2 Å². The van der Waals surface area contributed by atoms with Crippen molar-refractivity contribution in [1.82, 2.24) is 0 Å². The van der Waals surface area contributed by atoms with Gasteiger partial charge in [0.1, 0.15) is 6.10 Å². The third-order valence-electron chi connectivity index (χ3n) is 10.3. The van der Waals surface area contributed by atoms with E-state index in [2.05, 4.69) is 19.9 Å². The summed E-state index contributed by atoms with van der Waals surface area (Å²) in [5.74, 6) is -0.829. The zero-order chi connectivity index (χ0) is 22.1. The van der Waals surface area contributed by atoms with E-state index in [1.807, 2.05) is 13.8 Å². The van der Waals surface area contributed by atoms with E-state index in [4.69, 9.17) is 0 Å². The molecule has 0 amide bonds. The molecule has 0 bridgehead atoms. The van der Waals surface area contributed by atoms with Crippen LogP contribution in [0.1, 0.15) is 92.4 Å². The van der Waals surface area contributed by atoms with Crippen molar-refractivity contribution in [3.05, 3.63) is 11.6 Å². The predicted octanol–water partition coefficient (Wildman–Crippen LogP) is 6.36. The third-order valence-corrected chi connectivity index (χ3v) is 10.3. The maximum atomic E-state index is 14.3. The first kappa shape index (κ1) is 22.7. The molecule has 30 heavy (non-hydrogen) atoms. The van der Waals surface area contributed by atoms with Gasteiger partial charge in [-0.15, -0.1) is 0 Å². The Morgan fingerprint density at radius 1 is 1.07 bits per heavy atom. The van der Waals surface area contributed by atoms with Crippen LogP contribution < -0.4 is 0 Å². The zero-order valence-corrected chi connectivity index (χ0v) is 19.6. The SMILES string of the molecule is C[C@H](CC(F)(F)[C@H](C)O)[C@H]1CC[C@H]2[C@@H]3CC=C4C[C@@](C)(O)CC[C@]4(C)[C@H]3CC[C@]12C. The van der Waals surface area contributed by atoms with E-state index in [9.17, 15) is 19.0 Å². The summed E-state index contributed by atoms with van der Waals surface area (Å²) in [5.41, 5.74) is 1.25. The molecule has 9 atom stereocenters. The summed E-state index contributed by atoms with van der Waals surface area (Å²) in [6.45, 7) is 10.0. The number of hydrogen-bond donors (Lipinski definition) is 2. The smallest absolute Gasteiger partial charge is 0.273 e. The number of aliphatic hydroxyl groups excluding tert-OH is 1. The van der Waals surface area contributed by atoms with Crippen LogP contribution in [0.2, 0.25) is 0 Å². The lowest BCUT2D eigenvalue weighted by atomic mass is 9.46. The Bertz CT molecular complexity index is 699. The monoisotopic (exact) mass is 424 g/mol. The van der Waals surface area contributed by atoms with Gasteiger partial charge in [-0.3, -0.25) is 0 Å². The minimum Gasteiger partial charge on any atom is -0.390 e. The van der Waals surface area contributed by atoms with E-state index >= 15 is 0 Å². The molecular weight excluding hydrogens is 382 g/mol. The van der Waals surface area contributed by atoms with Crippen molar-refractivity contribution in [2.45, 2.75) is 110 Å². The van der Waals surface area contributed by atoms with E-state index in [0.717, 1.165) is 44.9 Å². The highest BCUT2D eigenvalue weighted by Crippen LogP contribution is 2.67. The molecule has 2 N–H and O–H groups in total. The van der Waals surface area contributed by atoms with Gasteiger partial charge in [-0.1, -0.05) is 32.4 Å². The first-order valence-electron chi connectivity index (χ1n) is 12.3. The lowest BCUT2D eigenvalue weighted by Crippen LogP contribution is -2.52. The Kier molecular flexibility index (Phi) is 5.50. The van der Waals surface area contributed by atoms with Gasteiger partial charge in [0.2, 0.25) is 0 Å². The molecule has 172 valence electrons. The highest BCUT2D eigenvalue weighted by molar-refractivity contribution is 5.26. The van der Waals surface area contributed by atoms with Gasteiger partial charge in [0.25, 0.3) is 5.92 Å². The summed E-state index contributed by atoms with van der Waals surface area (Å²) in [4.78, 5) is 0. The molecule has 0 spiro atoms. The van der Waals surface area contributed by atoms with Crippen molar-refractivity contribution in [3.8, 4) is 0 Å². The summed E-state index contributed by atoms with van der Waals surface area (Å²) < 4.78 is 28.6. The van der Waals surface area contributed by atoms with E-state index in [0.29, 0.717) is 23.7 Å². The van der Waals surface area contributed by atoms with Crippen LogP contribution in [0.5, 0.6) is 0 Å². The standard InChI is InChI=1S/C26H42F2O2/c1-16(14-26(27,28)17(2)29)20-8-9-21-19-7-6-18-15-23(3,30)12-13-24(18,4)22(19)10-11-25(20,21)5/h6,16-17,19-22,29-30H,7-15H2,1-5H3/t16-,17+,19+,20-,21+,22+,23+,24+,25-/m1/s1. The van der Waals surface area contributed by atoms with Crippen LogP contribution >= 0.6 is 0 Å². The lowest BCUT2D eigenvalue weighted by molar-refractivity contribution is -0.125. The Balaban J connectivity index is 1.55. The second-order valence-electron chi connectivity index (χ2n) is 12.3. The van der Waals surface area contributed by atoms with Crippen molar-refractivity contribution in [2.24, 2.45) is 40.4 Å². The quantitative estimate of drug-likeness (QED) is 0.516. The Labute approximate surface area is 181 Å². The Morgan fingerprint density at radius 2 is 1.77 bits per heavy atom. The summed E-state index contributed by atoms with van der Waals surface area (Å²) in [5, 5.41) is 20.1. The summed E-state index contributed by atoms with van der Waals surface area (Å²) in [6, 6.07) is 0. The molecule has 2 nitrogen and oxygen atoms in total. The van der Waals surface area contributed by atoms with Crippen LogP contribution in [0.15, 0.2) is 11.6 Å². The number of rotatable bonds is 4. The molecule has 4 aliphatic rings. The fraction of sp³-hybridized carbons (Fsp3) is 0.923. The minimum absolute atomic E-state index is 0.0730. The average Bonchev–Trinajstić information content (AvgIpc) is 2.99. The Hall–Kier alpha value is -0.480. The van der Waals surface area contributed by atoms with Gasteiger partial charge in [0, 0.05) is 6.42 Å². The van der Waals surface area contributed by atoms with Crippen LogP contribution in [0.4, 0.5) is 8.78 Å². The van der Waals surface area contributed by atoms with Crippen LogP contribution in [-0.2, 0) is 0 Å². The van der Waals surface area contributed by atoms with Crippen molar-refractivity contribution in [2.75, 3.05) is 0 Å². The van der Waals surface area contributed by atoms with E-state index in [1.54, 1.807) is 0 Å². The highest BCUT2D eigenvalue weighted by Gasteiger charge is 2.60. The summed E-state index contributed by atoms with van der Waals surface area (Å²) >= 11 is 0. The molecule has 0 unspecified atom stereocenters. The van der Waals surface area contributed by atoms with Gasteiger partial charge in [-0.2, -0.15) is 0 Å². The molecule has 4 rings (SSSR count). The molecule has 4 aliphatic carbocycles. The lowest BCUT2D eigenvalue weighted by Gasteiger charge is -2.59. The molecule has 0 radical (unpaired) electrons. The molecule has 0 aliphatic heterocycles. The van der Waals surface area contributed by atoms with E-state index in [-0.39, 0.29) is 23.2 Å². The molecular formula is C26H42F2O2. The van der Waals surface area contributed by atoms with Crippen LogP contribution in [0, 0.1) is 40.4 Å². The van der Waals surface area contributed by atoms with Crippen molar-refractivity contribution < 1.29 is 19.0 Å². The van der Waals surface area contributed by atoms with Gasteiger partial charge in [-0.25, -0.2) is 8.78 Å². The number of alkyl halides is 2. The van der Waals surface area contributed by atoms with Gasteiger partial charge >= 0.3 is 0 Å². The topological polar surface area (TPSA) is 40.5 Å². The molecule has 3 saturated carbocycles. The average molecular weight is 425 g/mol. The van der Waals surface area contributed by atoms with Crippen LogP contribution in [0.3, 0.4) is 0 Å². The number of fused-ring (bicyclic) bond motifs is 5. The number of halogens is 2. The highest BCUT2D eigenvalue weighted by atomic mass is 19.3. The van der Waals surface area contributed by atoms with E-state index in [1.165, 1.54) is 18.9 Å². The number of hydrogen-bond acceptors (Lipinski definition) is 2. The number of allylic oxidation sites excluding steroid dienone is 1. The van der Waals surface area contributed by atoms with Gasteiger partial charge in [0.05, 0.1) is 5.60 Å². The first-order valence-corrected chi connectivity index (χ1v) is 12.3. The largest absolute Gasteiger partial charge is 0.390 e. The minimum atomic E-state index is -3.00. The van der Waals surface area contributed by atoms with Gasteiger partial charge in [0.15, 0.2) is 0 Å². The zero-order valence-electron chi connectivity index (χ0n) is 19.6. The molecule has 4 heteroatoms. The van der Waals surface area contributed by atoms with Crippen molar-refractivity contribution >= 4 is 0 Å². The van der Waals surface area contributed by atoms with Crippen molar-refractivity contribution in [3.63, 3.8) is 0 Å². The van der Waals surface area contributed by atoms with Crippen molar-refractivity contribution in [1.29, 1.82) is 0 Å². The summed E-state index contributed by atoms with van der Waals surface area (Å²) in [6.07, 6.45) is 9.02. The first-order chi connectivity index (χ1) is 13.8. The maximum Gasteiger partial charge on any atom is 0.273 e. The van der Waals surface area contributed by atoms with Gasteiger partial charge in [-0.05, 0) is 106 Å². The maximum absolute atomic E-state index is 14.3. The second kappa shape index (κ2) is 7.27. The Morgan fingerprint density at radius 3 is 2.43 bits per heavy atom. The molecule has 3 fully saturated rings. The molecule has 0 saturated heterocycles. The molecule has 0 heterocycles. The molecule has 0 aromatic rings.